The molecule has 0 N–H and O–H groups in total. The second kappa shape index (κ2) is 7.54. The highest BCUT2D eigenvalue weighted by atomic mass is 16.7. The van der Waals surface area contributed by atoms with Gasteiger partial charge in [-0.15, -0.1) is 0 Å². The average Bonchev–Trinajstić information content (AvgIpc) is 3.44. The van der Waals surface area contributed by atoms with Gasteiger partial charge in [0.15, 0.2) is 23.0 Å². The minimum atomic E-state index is -3.12. The van der Waals surface area contributed by atoms with Crippen LogP contribution in [0.15, 0.2) is 12.1 Å². The molecule has 2 aliphatic rings. The molecule has 2 heterocycles. The molecular formula is C20H18O10. The first-order valence-corrected chi connectivity index (χ1v) is 8.33. The standard InChI is InChI=1S/C20H18O10/c1-23-11-5-9(19(21)25-3)13(17-15(11)27-7-29-17)14-10(20(22)26-4)6-12(24-2)16-18(14)30-8-28-16/h5-6H,7-8H2,1-4H3/i3D3,4D3. The molecule has 10 nitrogen and oxygen atoms in total. The molecule has 0 atom stereocenters. The molecule has 0 fully saturated rings. The van der Waals surface area contributed by atoms with Crippen molar-refractivity contribution >= 4 is 11.9 Å². The van der Waals surface area contributed by atoms with E-state index in [4.69, 9.17) is 36.6 Å². The third kappa shape index (κ3) is 2.79. The van der Waals surface area contributed by atoms with E-state index in [1.807, 2.05) is 0 Å². The van der Waals surface area contributed by atoms with Gasteiger partial charge in [0.25, 0.3) is 0 Å². The number of fused-ring (bicyclic) bond motifs is 2. The van der Waals surface area contributed by atoms with Gasteiger partial charge in [0.05, 0.1) is 47.6 Å². The Labute approximate surface area is 179 Å². The number of carbonyl (C=O) groups excluding carboxylic acids is 2. The number of ether oxygens (including phenoxy) is 8. The number of esters is 2. The predicted octanol–water partition coefficient (Wildman–Crippen LogP) is 2.40. The van der Waals surface area contributed by atoms with Crippen molar-refractivity contribution in [2.75, 3.05) is 41.9 Å². The highest BCUT2D eigenvalue weighted by Crippen LogP contribution is 2.56. The van der Waals surface area contributed by atoms with E-state index in [2.05, 4.69) is 9.47 Å². The second-order valence-corrected chi connectivity index (χ2v) is 5.91. The summed E-state index contributed by atoms with van der Waals surface area (Å²) < 4.78 is 85.7. The fourth-order valence-electron chi connectivity index (χ4n) is 3.31. The van der Waals surface area contributed by atoms with E-state index >= 15 is 0 Å². The molecule has 0 saturated heterocycles. The Morgan fingerprint density at radius 3 is 1.53 bits per heavy atom. The lowest BCUT2D eigenvalue weighted by Crippen LogP contribution is -2.10. The van der Waals surface area contributed by atoms with Gasteiger partial charge in [-0.2, -0.15) is 0 Å². The van der Waals surface area contributed by atoms with Crippen LogP contribution in [0.4, 0.5) is 0 Å². The zero-order valence-corrected chi connectivity index (χ0v) is 15.7. The Balaban J connectivity index is 2.08. The number of hydrogen-bond acceptors (Lipinski definition) is 10. The van der Waals surface area contributed by atoms with E-state index < -0.39 is 37.1 Å². The van der Waals surface area contributed by atoms with Gasteiger partial charge in [0.2, 0.25) is 25.1 Å². The molecule has 0 spiro atoms. The molecule has 2 aromatic rings. The molecule has 0 unspecified atom stereocenters. The maximum absolute atomic E-state index is 13.0. The summed E-state index contributed by atoms with van der Waals surface area (Å²) in [4.78, 5) is 26.0. The molecule has 2 aliphatic heterocycles. The van der Waals surface area contributed by atoms with Gasteiger partial charge in [-0.25, -0.2) is 9.59 Å². The molecule has 0 bridgehead atoms. The Morgan fingerprint density at radius 2 is 1.17 bits per heavy atom. The van der Waals surface area contributed by atoms with Gasteiger partial charge in [0, 0.05) is 11.1 Å². The third-order valence-electron chi connectivity index (χ3n) is 4.53. The molecule has 158 valence electrons. The van der Waals surface area contributed by atoms with Crippen molar-refractivity contribution in [2.24, 2.45) is 0 Å². The Morgan fingerprint density at radius 1 is 0.767 bits per heavy atom. The third-order valence-corrected chi connectivity index (χ3v) is 4.53. The van der Waals surface area contributed by atoms with Crippen LogP contribution in [0.1, 0.15) is 28.9 Å². The summed E-state index contributed by atoms with van der Waals surface area (Å²) >= 11 is 0. The fraction of sp³-hybridized carbons (Fsp3) is 0.300. The molecule has 30 heavy (non-hydrogen) atoms. The molecule has 2 aromatic carbocycles. The number of carbonyl (C=O) groups is 2. The highest BCUT2D eigenvalue weighted by Gasteiger charge is 2.37. The van der Waals surface area contributed by atoms with Gasteiger partial charge in [-0.1, -0.05) is 0 Å². The SMILES string of the molecule is [2H]C([2H])([2H])OC(=O)c1cc(OC)c2c(c1-c1c(C(=O)OC([2H])([2H])[2H])cc(OC)c3c1OCO3)OCO2. The van der Waals surface area contributed by atoms with Crippen LogP contribution in [-0.4, -0.2) is 53.8 Å². The zero-order valence-electron chi connectivity index (χ0n) is 21.7. The first-order chi connectivity index (χ1) is 16.8. The normalized spacial score (nSPS) is 16.9. The maximum atomic E-state index is 13.0. The minimum absolute atomic E-state index is 0.00214. The van der Waals surface area contributed by atoms with Crippen molar-refractivity contribution in [2.45, 2.75) is 0 Å². The van der Waals surface area contributed by atoms with Gasteiger partial charge < -0.3 is 37.9 Å². The Bertz CT molecular complexity index is 1140. The molecule has 0 amide bonds. The van der Waals surface area contributed by atoms with Crippen molar-refractivity contribution in [3.05, 3.63) is 23.3 Å². The summed E-state index contributed by atoms with van der Waals surface area (Å²) in [7, 11) is -3.70. The van der Waals surface area contributed by atoms with E-state index in [-0.39, 0.29) is 59.2 Å². The number of rotatable bonds is 5. The lowest BCUT2D eigenvalue weighted by atomic mass is 9.92. The minimum Gasteiger partial charge on any atom is -0.493 e. The lowest BCUT2D eigenvalue weighted by molar-refractivity contribution is 0.0589. The lowest BCUT2D eigenvalue weighted by Gasteiger charge is -2.18. The van der Waals surface area contributed by atoms with E-state index in [9.17, 15) is 9.59 Å². The first kappa shape index (κ1) is 13.4. The largest absolute Gasteiger partial charge is 0.493 e. The van der Waals surface area contributed by atoms with Crippen LogP contribution < -0.4 is 28.4 Å². The van der Waals surface area contributed by atoms with E-state index in [1.165, 1.54) is 14.2 Å². The van der Waals surface area contributed by atoms with Gasteiger partial charge in [-0.3, -0.25) is 0 Å². The van der Waals surface area contributed by atoms with Gasteiger partial charge in [0.1, 0.15) is 0 Å². The van der Waals surface area contributed by atoms with Gasteiger partial charge >= 0.3 is 11.9 Å². The topological polar surface area (TPSA) is 108 Å². The summed E-state index contributed by atoms with van der Waals surface area (Å²) in [6.45, 7) is -0.636. The fourth-order valence-corrected chi connectivity index (χ4v) is 3.31. The second-order valence-electron chi connectivity index (χ2n) is 5.91. The molecule has 4 rings (SSSR count). The maximum Gasteiger partial charge on any atom is 0.338 e. The molecule has 0 aliphatic carbocycles. The van der Waals surface area contributed by atoms with Gasteiger partial charge in [-0.05, 0) is 12.1 Å². The Kier molecular flexibility index (Phi) is 3.37. The summed E-state index contributed by atoms with van der Waals surface area (Å²) in [5.41, 5.74) is -1.25. The number of hydrogen-bond donors (Lipinski definition) is 0. The Hall–Kier alpha value is -3.82. The van der Waals surface area contributed by atoms with Crippen molar-refractivity contribution in [3.63, 3.8) is 0 Å². The molecule has 0 radical (unpaired) electrons. The van der Waals surface area contributed by atoms with Crippen molar-refractivity contribution in [1.29, 1.82) is 0 Å². The monoisotopic (exact) mass is 424 g/mol. The smallest absolute Gasteiger partial charge is 0.338 e. The number of benzene rings is 2. The van der Waals surface area contributed by atoms with Crippen LogP contribution in [0.25, 0.3) is 11.1 Å². The van der Waals surface area contributed by atoms with Crippen LogP contribution in [0.3, 0.4) is 0 Å². The molecule has 0 saturated carbocycles. The van der Waals surface area contributed by atoms with E-state index in [0.29, 0.717) is 0 Å². The summed E-state index contributed by atoms with van der Waals surface area (Å²) in [6.07, 6.45) is 0. The van der Waals surface area contributed by atoms with Crippen LogP contribution in [0, 0.1) is 0 Å². The average molecular weight is 424 g/mol. The summed E-state index contributed by atoms with van der Waals surface area (Å²) in [6, 6.07) is 2.25. The van der Waals surface area contributed by atoms with E-state index in [0.717, 1.165) is 12.1 Å². The molecule has 0 aromatic heterocycles. The predicted molar refractivity (Wildman–Crippen MR) is 99.9 cm³/mol. The summed E-state index contributed by atoms with van der Waals surface area (Å²) in [5, 5.41) is 0. The number of methoxy groups -OCH3 is 4. The molecule has 10 heteroatoms. The van der Waals surface area contributed by atoms with Crippen molar-refractivity contribution in [3.8, 4) is 45.6 Å². The zero-order chi connectivity index (χ0) is 26.4. The summed E-state index contributed by atoms with van der Waals surface area (Å²) in [5.74, 6) is -2.88. The van der Waals surface area contributed by atoms with Crippen LogP contribution in [-0.2, 0) is 9.47 Å². The van der Waals surface area contributed by atoms with Crippen LogP contribution >= 0.6 is 0 Å². The van der Waals surface area contributed by atoms with Crippen molar-refractivity contribution in [1.82, 2.24) is 0 Å². The van der Waals surface area contributed by atoms with Crippen LogP contribution in [0.5, 0.6) is 34.5 Å². The first-order valence-electron chi connectivity index (χ1n) is 11.3. The molecular weight excluding hydrogens is 400 g/mol. The van der Waals surface area contributed by atoms with E-state index in [1.54, 1.807) is 0 Å². The van der Waals surface area contributed by atoms with Crippen molar-refractivity contribution < 1.29 is 55.7 Å². The highest BCUT2D eigenvalue weighted by molar-refractivity contribution is 6.08. The quantitative estimate of drug-likeness (QED) is 0.664. The van der Waals surface area contributed by atoms with Crippen LogP contribution in [0.2, 0.25) is 0 Å².